The third kappa shape index (κ3) is 10.8. The van der Waals surface area contributed by atoms with Crippen LogP contribution in [-0.4, -0.2) is 76.3 Å². The van der Waals surface area contributed by atoms with Gasteiger partial charge in [0.25, 0.3) is 0 Å². The van der Waals surface area contributed by atoms with Crippen LogP contribution < -0.4 is 16.0 Å². The number of nitrogens with zero attached hydrogens (tertiary/aromatic N) is 2. The van der Waals surface area contributed by atoms with Crippen LogP contribution in [0.25, 0.3) is 0 Å². The van der Waals surface area contributed by atoms with Gasteiger partial charge in [-0.1, -0.05) is 94.8 Å². The number of rotatable bonds is 14. The minimum Gasteiger partial charge on any atom is -0.464 e. The molecule has 1 aliphatic heterocycles. The van der Waals surface area contributed by atoms with Gasteiger partial charge in [0, 0.05) is 7.05 Å². The van der Waals surface area contributed by atoms with E-state index in [1.807, 2.05) is 95.3 Å². The molecule has 1 saturated heterocycles. The van der Waals surface area contributed by atoms with E-state index in [4.69, 9.17) is 9.15 Å². The van der Waals surface area contributed by atoms with E-state index in [0.29, 0.717) is 30.8 Å². The largest absolute Gasteiger partial charge is 0.464 e. The molecule has 1 fully saturated rings. The summed E-state index contributed by atoms with van der Waals surface area (Å²) in [5.41, 5.74) is 1.03. The number of likely N-dealkylation sites (tertiary alicyclic amines) is 1. The van der Waals surface area contributed by atoms with Crippen molar-refractivity contribution in [2.75, 3.05) is 7.05 Å². The molecular formula is C43H59N5O7. The predicted molar refractivity (Wildman–Crippen MR) is 211 cm³/mol. The van der Waals surface area contributed by atoms with Gasteiger partial charge in [0.05, 0.1) is 12.1 Å². The van der Waals surface area contributed by atoms with Crippen molar-refractivity contribution in [2.45, 2.75) is 123 Å². The van der Waals surface area contributed by atoms with Crippen LogP contribution in [0.3, 0.4) is 0 Å². The van der Waals surface area contributed by atoms with Crippen molar-refractivity contribution in [3.8, 4) is 0 Å². The Morgan fingerprint density at radius 3 is 1.89 bits per heavy atom. The van der Waals surface area contributed by atoms with Gasteiger partial charge in [-0.2, -0.15) is 0 Å². The Kier molecular flexibility index (Phi) is 14.3. The van der Waals surface area contributed by atoms with Gasteiger partial charge in [0.1, 0.15) is 41.3 Å². The van der Waals surface area contributed by atoms with E-state index in [1.54, 1.807) is 39.8 Å². The smallest absolute Gasteiger partial charge is 0.410 e. The highest BCUT2D eigenvalue weighted by molar-refractivity contribution is 5.96. The zero-order valence-corrected chi connectivity index (χ0v) is 33.9. The second kappa shape index (κ2) is 18.5. The molecule has 2 aromatic carbocycles. The molecule has 2 heterocycles. The maximum Gasteiger partial charge on any atom is 0.410 e. The minimum absolute atomic E-state index is 0.239. The summed E-state index contributed by atoms with van der Waals surface area (Å²) < 4.78 is 11.4. The zero-order chi connectivity index (χ0) is 40.6. The number of carbonyl (C=O) groups excluding carboxylic acids is 5. The van der Waals surface area contributed by atoms with Crippen LogP contribution in [0.5, 0.6) is 0 Å². The summed E-state index contributed by atoms with van der Waals surface area (Å²) in [6, 6.07) is 18.0. The number of likely N-dealkylation sites (N-methyl/N-ethyl adjacent to an activating group) is 1. The average molecular weight is 758 g/mol. The first kappa shape index (κ1) is 42.6. The molecule has 0 spiro atoms. The van der Waals surface area contributed by atoms with Gasteiger partial charge >= 0.3 is 6.09 Å². The van der Waals surface area contributed by atoms with Gasteiger partial charge in [-0.3, -0.25) is 24.1 Å². The number of carbonyl (C=O) groups is 5. The van der Waals surface area contributed by atoms with E-state index in [2.05, 4.69) is 16.0 Å². The minimum atomic E-state index is -1.04. The number of benzene rings is 2. The highest BCUT2D eigenvalue weighted by Crippen LogP contribution is 2.38. The van der Waals surface area contributed by atoms with Crippen LogP contribution in [0.15, 0.2) is 77.2 Å². The lowest BCUT2D eigenvalue weighted by atomic mass is 9.94. The zero-order valence-electron chi connectivity index (χ0n) is 33.9. The lowest BCUT2D eigenvalue weighted by Gasteiger charge is -2.35. The Bertz CT molecular complexity index is 1730. The molecule has 0 unspecified atom stereocenters. The molecule has 12 heteroatoms. The lowest BCUT2D eigenvalue weighted by Crippen LogP contribution is -2.60. The van der Waals surface area contributed by atoms with E-state index in [9.17, 15) is 24.0 Å². The summed E-state index contributed by atoms with van der Waals surface area (Å²) in [6.07, 6.45) is 0.672. The SMILES string of the molecule is CC[C@H](C)[C@H](NC(=O)[C@@H]1CC[C@H](c2ccc(C)o2)N1C(=O)[C@@H](NC(=O)[C@H](C)N(C)C(=O)OC(C)(C)C)C(C)C)C(=O)NC(c1ccccc1)c1ccccc1. The van der Waals surface area contributed by atoms with Crippen molar-refractivity contribution < 1.29 is 33.1 Å². The fraction of sp³-hybridized carbons (Fsp3) is 0.512. The molecule has 0 aliphatic carbocycles. The Hall–Kier alpha value is -5.13. The molecule has 55 heavy (non-hydrogen) atoms. The summed E-state index contributed by atoms with van der Waals surface area (Å²) in [4.78, 5) is 72.4. The Morgan fingerprint density at radius 1 is 0.818 bits per heavy atom. The second-order valence-corrected chi connectivity index (χ2v) is 15.9. The van der Waals surface area contributed by atoms with E-state index < -0.39 is 65.7 Å². The molecule has 3 N–H and O–H groups in total. The van der Waals surface area contributed by atoms with Gasteiger partial charge < -0.3 is 30.0 Å². The van der Waals surface area contributed by atoms with Crippen LogP contribution >= 0.6 is 0 Å². The van der Waals surface area contributed by atoms with Crippen molar-refractivity contribution in [2.24, 2.45) is 11.8 Å². The van der Waals surface area contributed by atoms with Crippen molar-refractivity contribution in [3.05, 3.63) is 95.4 Å². The van der Waals surface area contributed by atoms with Crippen LogP contribution in [0.4, 0.5) is 4.79 Å². The molecule has 0 bridgehead atoms. The van der Waals surface area contributed by atoms with Gasteiger partial charge in [0.2, 0.25) is 23.6 Å². The van der Waals surface area contributed by atoms with Crippen molar-refractivity contribution in [1.82, 2.24) is 25.8 Å². The molecule has 0 saturated carbocycles. The number of furan rings is 1. The number of hydrogen-bond donors (Lipinski definition) is 3. The number of nitrogens with one attached hydrogen (secondary N) is 3. The van der Waals surface area contributed by atoms with Crippen molar-refractivity contribution in [3.63, 3.8) is 0 Å². The number of ether oxygens (including phenoxy) is 1. The number of hydrogen-bond acceptors (Lipinski definition) is 7. The normalized spacial score (nSPS) is 17.9. The summed E-state index contributed by atoms with van der Waals surface area (Å²) in [5, 5.41) is 9.09. The molecule has 12 nitrogen and oxygen atoms in total. The fourth-order valence-electron chi connectivity index (χ4n) is 6.74. The number of amides is 5. The monoisotopic (exact) mass is 757 g/mol. The molecule has 1 aromatic heterocycles. The van der Waals surface area contributed by atoms with Crippen LogP contribution in [0.2, 0.25) is 0 Å². The third-order valence-electron chi connectivity index (χ3n) is 10.2. The standard InChI is InChI=1S/C43H59N5O7/c1-11-27(4)36(40(51)46-37(30-18-14-12-15-19-30)31-20-16-13-17-21-31)45-39(50)33-24-23-32(34-25-22-28(5)54-34)48(33)41(52)35(26(2)3)44-38(49)29(6)47(10)42(53)55-43(7,8)9/h12-22,25-27,29,32-33,35-37H,11,23-24H2,1-10H3,(H,44,49)(H,45,50)(H,46,51)/t27-,29-,32+,33-,35-,36-/m0/s1. The Morgan fingerprint density at radius 2 is 1.40 bits per heavy atom. The Balaban J connectivity index is 1.62. The van der Waals surface area contributed by atoms with Gasteiger partial charge in [-0.05, 0) is 82.6 Å². The second-order valence-electron chi connectivity index (χ2n) is 15.9. The lowest BCUT2D eigenvalue weighted by molar-refractivity contribution is -0.146. The molecule has 298 valence electrons. The molecule has 0 radical (unpaired) electrons. The Labute approximate surface area is 325 Å². The van der Waals surface area contributed by atoms with Crippen LogP contribution in [-0.2, 0) is 23.9 Å². The average Bonchev–Trinajstić information content (AvgIpc) is 3.80. The number of aryl methyl sites for hydroxylation is 1. The molecule has 3 aromatic rings. The molecular weight excluding hydrogens is 699 g/mol. The third-order valence-corrected chi connectivity index (χ3v) is 10.2. The van der Waals surface area contributed by atoms with Crippen LogP contribution in [0.1, 0.15) is 109 Å². The summed E-state index contributed by atoms with van der Waals surface area (Å²) >= 11 is 0. The fourth-order valence-corrected chi connectivity index (χ4v) is 6.74. The summed E-state index contributed by atoms with van der Waals surface area (Å²) in [5.74, 6) is -1.27. The predicted octanol–water partition coefficient (Wildman–Crippen LogP) is 6.45. The molecule has 4 rings (SSSR count). The molecule has 5 amide bonds. The van der Waals surface area contributed by atoms with E-state index in [-0.39, 0.29) is 17.7 Å². The molecule has 6 atom stereocenters. The van der Waals surface area contributed by atoms with E-state index in [1.165, 1.54) is 16.8 Å². The van der Waals surface area contributed by atoms with Crippen molar-refractivity contribution in [1.29, 1.82) is 0 Å². The van der Waals surface area contributed by atoms with Crippen LogP contribution in [0, 0.1) is 18.8 Å². The summed E-state index contributed by atoms with van der Waals surface area (Å²) in [6.45, 7) is 16.1. The van der Waals surface area contributed by atoms with Crippen molar-refractivity contribution >= 4 is 29.7 Å². The molecule has 1 aliphatic rings. The first-order valence-corrected chi connectivity index (χ1v) is 19.3. The maximum atomic E-state index is 14.7. The summed E-state index contributed by atoms with van der Waals surface area (Å²) in [7, 11) is 1.46. The highest BCUT2D eigenvalue weighted by Gasteiger charge is 2.47. The van der Waals surface area contributed by atoms with Gasteiger partial charge in [-0.15, -0.1) is 0 Å². The van der Waals surface area contributed by atoms with E-state index >= 15 is 0 Å². The first-order valence-electron chi connectivity index (χ1n) is 19.3. The first-order chi connectivity index (χ1) is 25.9. The van der Waals surface area contributed by atoms with Gasteiger partial charge in [-0.25, -0.2) is 4.79 Å². The van der Waals surface area contributed by atoms with Gasteiger partial charge in [0.15, 0.2) is 0 Å². The maximum absolute atomic E-state index is 14.7. The van der Waals surface area contributed by atoms with E-state index in [0.717, 1.165) is 11.1 Å². The topological polar surface area (TPSA) is 150 Å². The highest BCUT2D eigenvalue weighted by atomic mass is 16.6. The quantitative estimate of drug-likeness (QED) is 0.171.